The van der Waals surface area contributed by atoms with Crippen molar-refractivity contribution in [3.05, 3.63) is 57.6 Å². The average molecular weight is 323 g/mol. The van der Waals surface area contributed by atoms with Crippen molar-refractivity contribution >= 4 is 29.1 Å². The molecule has 0 saturated carbocycles. The quantitative estimate of drug-likeness (QED) is 0.674. The number of amides is 1. The second-order valence-electron chi connectivity index (χ2n) is 4.31. The fourth-order valence-corrected chi connectivity index (χ4v) is 1.94. The normalized spacial score (nSPS) is 10.1. The van der Waals surface area contributed by atoms with Crippen LogP contribution in [0.1, 0.15) is 0 Å². The molecule has 0 atom stereocenters. The van der Waals surface area contributed by atoms with Crippen molar-refractivity contribution in [1.29, 1.82) is 0 Å². The topological polar surface area (TPSA) is 92.9 Å². The molecule has 2 rings (SSSR count). The van der Waals surface area contributed by atoms with Crippen LogP contribution in [-0.2, 0) is 0 Å². The van der Waals surface area contributed by atoms with Gasteiger partial charge in [0.1, 0.15) is 17.2 Å². The third-order valence-corrected chi connectivity index (χ3v) is 3.06. The highest BCUT2D eigenvalue weighted by molar-refractivity contribution is 6.30. The first-order valence-corrected chi connectivity index (χ1v) is 6.45. The van der Waals surface area contributed by atoms with Gasteiger partial charge >= 0.3 is 6.09 Å². The largest absolute Gasteiger partial charge is 0.465 e. The van der Waals surface area contributed by atoms with E-state index in [2.05, 4.69) is 0 Å². The number of carboxylic acid groups (broad SMARTS) is 1. The molecule has 0 radical (unpaired) electrons. The molecule has 0 aliphatic carbocycles. The number of anilines is 1. The maximum atomic E-state index is 11.0. The van der Waals surface area contributed by atoms with Gasteiger partial charge in [0.2, 0.25) is 0 Å². The highest BCUT2D eigenvalue weighted by Gasteiger charge is 2.22. The number of halogens is 1. The van der Waals surface area contributed by atoms with Crippen molar-refractivity contribution < 1.29 is 19.6 Å². The van der Waals surface area contributed by atoms with E-state index in [1.165, 1.54) is 25.2 Å². The Morgan fingerprint density at radius 2 is 1.95 bits per heavy atom. The minimum Gasteiger partial charge on any atom is -0.465 e. The average Bonchev–Trinajstić information content (AvgIpc) is 2.46. The standard InChI is InChI=1S/C14H11ClN2O5/c1-16(14(18)19)13-8-11(5-6-12(13)17(20)21)22-10-4-2-3-9(15)7-10/h2-8H,1H3,(H,18,19). The molecule has 0 aliphatic heterocycles. The molecule has 0 saturated heterocycles. The minimum atomic E-state index is -1.32. The molecule has 0 bridgehead atoms. The van der Waals surface area contributed by atoms with Crippen molar-refractivity contribution in [2.45, 2.75) is 0 Å². The monoisotopic (exact) mass is 322 g/mol. The number of nitro benzene ring substituents is 1. The molecule has 1 N–H and O–H groups in total. The van der Waals surface area contributed by atoms with Crippen molar-refractivity contribution in [2.24, 2.45) is 0 Å². The van der Waals surface area contributed by atoms with Crippen molar-refractivity contribution in [3.8, 4) is 11.5 Å². The highest BCUT2D eigenvalue weighted by Crippen LogP contribution is 2.34. The van der Waals surface area contributed by atoms with Crippen LogP contribution in [0.2, 0.25) is 5.02 Å². The summed E-state index contributed by atoms with van der Waals surface area (Å²) in [6.45, 7) is 0. The number of hydrogen-bond donors (Lipinski definition) is 1. The van der Waals surface area contributed by atoms with Gasteiger partial charge in [-0.25, -0.2) is 4.79 Å². The molecule has 22 heavy (non-hydrogen) atoms. The zero-order valence-electron chi connectivity index (χ0n) is 11.4. The fourth-order valence-electron chi connectivity index (χ4n) is 1.76. The minimum absolute atomic E-state index is 0.0861. The van der Waals surface area contributed by atoms with Crippen LogP contribution in [0.25, 0.3) is 0 Å². The summed E-state index contributed by atoms with van der Waals surface area (Å²) < 4.78 is 5.54. The Morgan fingerprint density at radius 1 is 1.27 bits per heavy atom. The SMILES string of the molecule is CN(C(=O)O)c1cc(Oc2cccc(Cl)c2)ccc1[N+](=O)[O-]. The summed E-state index contributed by atoms with van der Waals surface area (Å²) in [7, 11) is 1.22. The first-order valence-electron chi connectivity index (χ1n) is 6.07. The van der Waals surface area contributed by atoms with E-state index in [1.54, 1.807) is 24.3 Å². The molecule has 0 aliphatic rings. The molecule has 0 heterocycles. The Hall–Kier alpha value is -2.80. The number of benzene rings is 2. The van der Waals surface area contributed by atoms with Crippen LogP contribution in [0.15, 0.2) is 42.5 Å². The highest BCUT2D eigenvalue weighted by atomic mass is 35.5. The summed E-state index contributed by atoms with van der Waals surface area (Å²) >= 11 is 5.85. The van der Waals surface area contributed by atoms with Gasteiger partial charge in [-0.15, -0.1) is 0 Å². The summed E-state index contributed by atoms with van der Waals surface area (Å²) in [5, 5.41) is 20.5. The molecule has 2 aromatic carbocycles. The van der Waals surface area contributed by atoms with E-state index in [0.29, 0.717) is 10.8 Å². The first kappa shape index (κ1) is 15.6. The van der Waals surface area contributed by atoms with Crippen molar-refractivity contribution in [1.82, 2.24) is 0 Å². The van der Waals surface area contributed by atoms with E-state index in [9.17, 15) is 14.9 Å². The number of hydrogen-bond acceptors (Lipinski definition) is 4. The van der Waals surface area contributed by atoms with Crippen LogP contribution >= 0.6 is 11.6 Å². The van der Waals surface area contributed by atoms with E-state index >= 15 is 0 Å². The predicted molar refractivity (Wildman–Crippen MR) is 81.1 cm³/mol. The Balaban J connectivity index is 2.40. The van der Waals surface area contributed by atoms with Gasteiger partial charge in [-0.2, -0.15) is 0 Å². The lowest BCUT2D eigenvalue weighted by atomic mass is 10.2. The second kappa shape index (κ2) is 6.31. The smallest absolute Gasteiger partial charge is 0.411 e. The molecule has 0 aromatic heterocycles. The van der Waals surface area contributed by atoms with Gasteiger partial charge in [-0.05, 0) is 24.3 Å². The second-order valence-corrected chi connectivity index (χ2v) is 4.75. The van der Waals surface area contributed by atoms with Gasteiger partial charge in [-0.1, -0.05) is 17.7 Å². The van der Waals surface area contributed by atoms with Gasteiger partial charge in [0, 0.05) is 24.2 Å². The van der Waals surface area contributed by atoms with Crippen LogP contribution in [-0.4, -0.2) is 23.2 Å². The lowest BCUT2D eigenvalue weighted by Crippen LogP contribution is -2.24. The fraction of sp³-hybridized carbons (Fsp3) is 0.0714. The maximum absolute atomic E-state index is 11.0. The van der Waals surface area contributed by atoms with Crippen LogP contribution < -0.4 is 9.64 Å². The lowest BCUT2D eigenvalue weighted by Gasteiger charge is -2.14. The zero-order chi connectivity index (χ0) is 16.3. The molecular weight excluding hydrogens is 312 g/mol. The number of rotatable bonds is 4. The summed E-state index contributed by atoms with van der Waals surface area (Å²) in [6, 6.07) is 10.5. The zero-order valence-corrected chi connectivity index (χ0v) is 12.1. The predicted octanol–water partition coefficient (Wildman–Crippen LogP) is 4.15. The molecule has 114 valence electrons. The lowest BCUT2D eigenvalue weighted by molar-refractivity contribution is -0.384. The summed E-state index contributed by atoms with van der Waals surface area (Å²) in [6.07, 6.45) is -1.32. The molecule has 0 fully saturated rings. The van der Waals surface area contributed by atoms with E-state index in [0.717, 1.165) is 4.90 Å². The summed E-state index contributed by atoms with van der Waals surface area (Å²) in [4.78, 5) is 22.1. The van der Waals surface area contributed by atoms with Crippen LogP contribution in [0, 0.1) is 10.1 Å². The molecule has 0 unspecified atom stereocenters. The third kappa shape index (κ3) is 3.44. The number of nitro groups is 1. The number of carbonyl (C=O) groups is 1. The van der Waals surface area contributed by atoms with Crippen molar-refractivity contribution in [3.63, 3.8) is 0 Å². The van der Waals surface area contributed by atoms with E-state index in [1.807, 2.05) is 0 Å². The van der Waals surface area contributed by atoms with Crippen molar-refractivity contribution in [2.75, 3.05) is 11.9 Å². The van der Waals surface area contributed by atoms with E-state index in [4.69, 9.17) is 21.4 Å². The van der Waals surface area contributed by atoms with Gasteiger partial charge in [0.15, 0.2) is 0 Å². The Bertz CT molecular complexity index is 735. The Labute approximate surface area is 130 Å². The third-order valence-electron chi connectivity index (χ3n) is 2.82. The van der Waals surface area contributed by atoms with E-state index < -0.39 is 11.0 Å². The van der Waals surface area contributed by atoms with Crippen LogP contribution in [0.5, 0.6) is 11.5 Å². The number of ether oxygens (including phenoxy) is 1. The Morgan fingerprint density at radius 3 is 2.55 bits per heavy atom. The first-order chi connectivity index (χ1) is 10.4. The molecule has 1 amide bonds. The number of nitrogens with zero attached hydrogens (tertiary/aromatic N) is 2. The molecule has 7 nitrogen and oxygen atoms in total. The van der Waals surface area contributed by atoms with Gasteiger partial charge in [0.05, 0.1) is 4.92 Å². The summed E-state index contributed by atoms with van der Waals surface area (Å²) in [5.41, 5.74) is -0.416. The van der Waals surface area contributed by atoms with Crippen LogP contribution in [0.3, 0.4) is 0 Å². The molecule has 8 heteroatoms. The van der Waals surface area contributed by atoms with Gasteiger partial charge < -0.3 is 9.84 Å². The van der Waals surface area contributed by atoms with E-state index in [-0.39, 0.29) is 17.1 Å². The summed E-state index contributed by atoms with van der Waals surface area (Å²) in [5.74, 6) is 0.696. The molecule has 0 spiro atoms. The van der Waals surface area contributed by atoms with Crippen LogP contribution in [0.4, 0.5) is 16.2 Å². The Kier molecular flexibility index (Phi) is 4.47. The van der Waals surface area contributed by atoms with Gasteiger partial charge in [0.25, 0.3) is 5.69 Å². The maximum Gasteiger partial charge on any atom is 0.411 e. The van der Waals surface area contributed by atoms with Gasteiger partial charge in [-0.3, -0.25) is 15.0 Å². The molecule has 2 aromatic rings. The molecular formula is C14H11ClN2O5.